The van der Waals surface area contributed by atoms with Crippen molar-refractivity contribution in [2.75, 3.05) is 0 Å². The van der Waals surface area contributed by atoms with Crippen LogP contribution in [0.3, 0.4) is 0 Å². The van der Waals surface area contributed by atoms with E-state index in [2.05, 4.69) is 17.6 Å². The maximum absolute atomic E-state index is 11.1. The van der Waals surface area contributed by atoms with Gasteiger partial charge in [-0.2, -0.15) is 0 Å². The van der Waals surface area contributed by atoms with Gasteiger partial charge < -0.3 is 9.67 Å². The van der Waals surface area contributed by atoms with Crippen molar-refractivity contribution in [1.29, 1.82) is 0 Å². The van der Waals surface area contributed by atoms with Crippen LogP contribution in [0.15, 0.2) is 24.4 Å². The monoisotopic (exact) mass is 231 g/mol. The van der Waals surface area contributed by atoms with Gasteiger partial charge in [0.05, 0.1) is 5.92 Å². The zero-order valence-corrected chi connectivity index (χ0v) is 10.4. The fraction of sp³-hybridized carbons (Fsp3) is 0.357. The van der Waals surface area contributed by atoms with Crippen LogP contribution < -0.4 is 0 Å². The van der Waals surface area contributed by atoms with Gasteiger partial charge >= 0.3 is 5.97 Å². The van der Waals surface area contributed by atoms with Crippen LogP contribution in [0.5, 0.6) is 0 Å². The van der Waals surface area contributed by atoms with Gasteiger partial charge in [0.25, 0.3) is 0 Å². The molecule has 1 N–H and O–H groups in total. The van der Waals surface area contributed by atoms with Crippen molar-refractivity contribution in [3.05, 3.63) is 35.5 Å². The zero-order valence-electron chi connectivity index (χ0n) is 10.4. The number of hydrogen-bond donors (Lipinski definition) is 1. The van der Waals surface area contributed by atoms with Crippen molar-refractivity contribution in [3.63, 3.8) is 0 Å². The summed E-state index contributed by atoms with van der Waals surface area (Å²) in [6, 6.07) is 6.16. The Labute approximate surface area is 101 Å². The van der Waals surface area contributed by atoms with E-state index in [1.54, 1.807) is 6.92 Å². The first kappa shape index (κ1) is 11.7. The molecule has 17 heavy (non-hydrogen) atoms. The minimum Gasteiger partial charge on any atom is -0.481 e. The molecular weight excluding hydrogens is 214 g/mol. The summed E-state index contributed by atoms with van der Waals surface area (Å²) in [6.07, 6.45) is 1.96. The highest BCUT2D eigenvalue weighted by molar-refractivity contribution is 5.90. The molecule has 3 heteroatoms. The summed E-state index contributed by atoms with van der Waals surface area (Å²) in [7, 11) is 0. The topological polar surface area (TPSA) is 42.2 Å². The molecule has 0 saturated heterocycles. The van der Waals surface area contributed by atoms with Crippen LogP contribution in [0.4, 0.5) is 0 Å². The Kier molecular flexibility index (Phi) is 2.92. The van der Waals surface area contributed by atoms with Gasteiger partial charge in [-0.1, -0.05) is 12.1 Å². The number of carbonyl (C=O) groups is 1. The Hall–Kier alpha value is -1.77. The highest BCUT2D eigenvalue weighted by Gasteiger charge is 2.19. The molecule has 90 valence electrons. The molecule has 0 spiro atoms. The Morgan fingerprint density at radius 3 is 2.76 bits per heavy atom. The van der Waals surface area contributed by atoms with Gasteiger partial charge in [-0.3, -0.25) is 4.79 Å². The minimum absolute atomic E-state index is 0.465. The van der Waals surface area contributed by atoms with E-state index in [1.165, 1.54) is 5.56 Å². The van der Waals surface area contributed by atoms with E-state index in [-0.39, 0.29) is 0 Å². The van der Waals surface area contributed by atoms with Crippen LogP contribution in [-0.2, 0) is 11.3 Å². The van der Waals surface area contributed by atoms with Crippen molar-refractivity contribution >= 4 is 16.9 Å². The molecule has 0 aliphatic heterocycles. The number of aliphatic carboxylic acids is 1. The van der Waals surface area contributed by atoms with Gasteiger partial charge in [-0.05, 0) is 38.0 Å². The van der Waals surface area contributed by atoms with E-state index in [0.29, 0.717) is 0 Å². The molecule has 0 aliphatic rings. The minimum atomic E-state index is -0.777. The van der Waals surface area contributed by atoms with Crippen LogP contribution in [0.1, 0.15) is 30.9 Å². The molecule has 1 aromatic carbocycles. The quantitative estimate of drug-likeness (QED) is 0.881. The van der Waals surface area contributed by atoms with Crippen LogP contribution >= 0.6 is 0 Å². The largest absolute Gasteiger partial charge is 0.481 e. The van der Waals surface area contributed by atoms with Crippen molar-refractivity contribution in [2.24, 2.45) is 0 Å². The fourth-order valence-electron chi connectivity index (χ4n) is 2.17. The maximum atomic E-state index is 11.1. The van der Waals surface area contributed by atoms with Gasteiger partial charge in [0.1, 0.15) is 0 Å². The Morgan fingerprint density at radius 2 is 2.18 bits per heavy atom. The smallest absolute Gasteiger partial charge is 0.310 e. The molecular formula is C14H17NO2. The third-order valence-corrected chi connectivity index (χ3v) is 3.25. The molecule has 1 unspecified atom stereocenters. The first-order chi connectivity index (χ1) is 8.04. The predicted molar refractivity (Wildman–Crippen MR) is 68.4 cm³/mol. The van der Waals surface area contributed by atoms with Crippen molar-refractivity contribution in [2.45, 2.75) is 33.2 Å². The first-order valence-corrected chi connectivity index (χ1v) is 5.86. The van der Waals surface area contributed by atoms with Gasteiger partial charge in [0, 0.05) is 23.6 Å². The number of nitrogens with zero attached hydrogens (tertiary/aromatic N) is 1. The second-order valence-electron chi connectivity index (χ2n) is 4.45. The molecule has 0 fully saturated rings. The lowest BCUT2D eigenvalue weighted by molar-refractivity contribution is -0.138. The number of aryl methyl sites for hydroxylation is 2. The summed E-state index contributed by atoms with van der Waals surface area (Å²) >= 11 is 0. The Morgan fingerprint density at radius 1 is 1.47 bits per heavy atom. The average Bonchev–Trinajstić information content (AvgIpc) is 2.65. The van der Waals surface area contributed by atoms with Gasteiger partial charge in [-0.25, -0.2) is 0 Å². The highest BCUT2D eigenvalue weighted by atomic mass is 16.4. The lowest BCUT2D eigenvalue weighted by Gasteiger charge is -2.04. The number of rotatable bonds is 3. The molecule has 2 aromatic rings. The van der Waals surface area contributed by atoms with Crippen molar-refractivity contribution in [3.8, 4) is 0 Å². The van der Waals surface area contributed by atoms with Crippen LogP contribution in [0.2, 0.25) is 0 Å². The molecule has 0 amide bonds. The van der Waals surface area contributed by atoms with Crippen molar-refractivity contribution in [1.82, 2.24) is 4.57 Å². The summed E-state index contributed by atoms with van der Waals surface area (Å²) in [5.74, 6) is -1.24. The van der Waals surface area contributed by atoms with Gasteiger partial charge in [0.2, 0.25) is 0 Å². The number of carboxylic acids is 1. The maximum Gasteiger partial charge on any atom is 0.310 e. The van der Waals surface area contributed by atoms with Crippen molar-refractivity contribution < 1.29 is 9.90 Å². The number of carboxylic acid groups (broad SMARTS) is 1. The molecule has 1 heterocycles. The zero-order chi connectivity index (χ0) is 12.6. The number of fused-ring (bicyclic) bond motifs is 1. The third-order valence-electron chi connectivity index (χ3n) is 3.25. The number of benzene rings is 1. The number of aromatic nitrogens is 1. The van der Waals surface area contributed by atoms with Gasteiger partial charge in [-0.15, -0.1) is 0 Å². The fourth-order valence-corrected chi connectivity index (χ4v) is 2.17. The van der Waals surface area contributed by atoms with E-state index in [1.807, 2.05) is 25.3 Å². The normalized spacial score (nSPS) is 12.9. The second kappa shape index (κ2) is 4.24. The first-order valence-electron chi connectivity index (χ1n) is 5.86. The van der Waals surface area contributed by atoms with E-state index in [4.69, 9.17) is 5.11 Å². The van der Waals surface area contributed by atoms with E-state index < -0.39 is 11.9 Å². The Bertz CT molecular complexity index is 569. The molecule has 0 aliphatic carbocycles. The van der Waals surface area contributed by atoms with Crippen LogP contribution in [0.25, 0.3) is 10.9 Å². The summed E-state index contributed by atoms with van der Waals surface area (Å²) in [5, 5.41) is 10.2. The number of hydrogen-bond acceptors (Lipinski definition) is 1. The van der Waals surface area contributed by atoms with Gasteiger partial charge in [0.15, 0.2) is 0 Å². The van der Waals surface area contributed by atoms with Crippen LogP contribution in [0, 0.1) is 6.92 Å². The van der Waals surface area contributed by atoms with Crippen LogP contribution in [-0.4, -0.2) is 15.6 Å². The standard InChI is InChI=1S/C14H17NO2/c1-4-15-8-12(10(3)14(16)17)11-6-5-9(2)7-13(11)15/h5-8,10H,4H2,1-3H3,(H,16,17). The van der Waals surface area contributed by atoms with E-state index >= 15 is 0 Å². The van der Waals surface area contributed by atoms with E-state index in [0.717, 1.165) is 23.0 Å². The highest BCUT2D eigenvalue weighted by Crippen LogP contribution is 2.28. The molecule has 3 nitrogen and oxygen atoms in total. The molecule has 0 radical (unpaired) electrons. The SMILES string of the molecule is CCn1cc(C(C)C(=O)O)c2ccc(C)cc21. The lowest BCUT2D eigenvalue weighted by atomic mass is 10.0. The summed E-state index contributed by atoms with van der Waals surface area (Å²) < 4.78 is 2.11. The molecule has 2 rings (SSSR count). The summed E-state index contributed by atoms with van der Waals surface area (Å²) in [6.45, 7) is 6.70. The summed E-state index contributed by atoms with van der Waals surface area (Å²) in [5.41, 5.74) is 3.21. The molecule has 0 bridgehead atoms. The second-order valence-corrected chi connectivity index (χ2v) is 4.45. The third kappa shape index (κ3) is 1.93. The lowest BCUT2D eigenvalue weighted by Crippen LogP contribution is -2.06. The average molecular weight is 231 g/mol. The van der Waals surface area contributed by atoms with E-state index in [9.17, 15) is 4.79 Å². The Balaban J connectivity index is 2.69. The molecule has 1 atom stereocenters. The predicted octanol–water partition coefficient (Wildman–Crippen LogP) is 3.16. The molecule has 1 aromatic heterocycles. The molecule has 0 saturated carbocycles. The summed E-state index contributed by atoms with van der Waals surface area (Å²) in [4.78, 5) is 11.1.